The minimum atomic E-state index is -4.65. The van der Waals surface area contributed by atoms with Crippen LogP contribution in [-0.4, -0.2) is 25.5 Å². The van der Waals surface area contributed by atoms with Crippen LogP contribution in [0.5, 0.6) is 0 Å². The zero-order chi connectivity index (χ0) is 22.2. The van der Waals surface area contributed by atoms with Gasteiger partial charge in [0.05, 0.1) is 23.8 Å². The molecule has 11 heteroatoms. The van der Waals surface area contributed by atoms with E-state index in [-0.39, 0.29) is 34.7 Å². The van der Waals surface area contributed by atoms with Gasteiger partial charge in [-0.25, -0.2) is 0 Å². The van der Waals surface area contributed by atoms with E-state index in [4.69, 9.17) is 23.2 Å². The normalized spacial score (nSPS) is 14.1. The van der Waals surface area contributed by atoms with E-state index in [0.717, 1.165) is 18.4 Å². The molecule has 6 nitrogen and oxygen atoms in total. The third-order valence-electron chi connectivity index (χ3n) is 4.88. The molecule has 164 valence electrons. The van der Waals surface area contributed by atoms with Gasteiger partial charge in [0, 0.05) is 18.5 Å². The Morgan fingerprint density at radius 2 is 1.87 bits per heavy atom. The van der Waals surface area contributed by atoms with Gasteiger partial charge < -0.3 is 5.32 Å². The number of aromatic nitrogens is 4. The van der Waals surface area contributed by atoms with Gasteiger partial charge in [0.2, 0.25) is 5.91 Å². The molecule has 0 unspecified atom stereocenters. The molecular weight excluding hydrogens is 454 g/mol. The summed E-state index contributed by atoms with van der Waals surface area (Å²) in [6.45, 7) is 0.447. The standard InChI is InChI=1S/C20H18Cl2F3N5O/c21-14-11-29(10-12-4-2-1-3-5-12)28-19(14)26-15(31)8-9-30-17(13-6-7-13)16(22)18(27-30)20(23,24)25/h1-5,11,13H,6-10H2,(H,26,28,31). The summed E-state index contributed by atoms with van der Waals surface area (Å²) in [5.74, 6) is -0.296. The van der Waals surface area contributed by atoms with Gasteiger partial charge in [0.15, 0.2) is 11.5 Å². The smallest absolute Gasteiger partial charge is 0.308 e. The summed E-state index contributed by atoms with van der Waals surface area (Å²) in [6, 6.07) is 9.60. The summed E-state index contributed by atoms with van der Waals surface area (Å²) < 4.78 is 42.2. The van der Waals surface area contributed by atoms with E-state index in [1.165, 1.54) is 4.68 Å². The van der Waals surface area contributed by atoms with Gasteiger partial charge >= 0.3 is 6.18 Å². The minimum absolute atomic E-state index is 0.0319. The van der Waals surface area contributed by atoms with Gasteiger partial charge in [-0.2, -0.15) is 23.4 Å². The summed E-state index contributed by atoms with van der Waals surface area (Å²) in [7, 11) is 0. The van der Waals surface area contributed by atoms with Crippen LogP contribution in [0.1, 0.15) is 42.1 Å². The first-order valence-electron chi connectivity index (χ1n) is 9.62. The van der Waals surface area contributed by atoms with Crippen molar-refractivity contribution in [3.63, 3.8) is 0 Å². The summed E-state index contributed by atoms with van der Waals surface area (Å²) >= 11 is 12.1. The van der Waals surface area contributed by atoms with Crippen LogP contribution >= 0.6 is 23.2 Å². The third kappa shape index (κ3) is 5.04. The van der Waals surface area contributed by atoms with Crippen molar-refractivity contribution in [2.45, 2.75) is 44.4 Å². The zero-order valence-electron chi connectivity index (χ0n) is 16.2. The molecule has 1 saturated carbocycles. The third-order valence-corrected chi connectivity index (χ3v) is 5.53. The second-order valence-corrected chi connectivity index (χ2v) is 8.14. The lowest BCUT2D eigenvalue weighted by Crippen LogP contribution is -2.17. The summed E-state index contributed by atoms with van der Waals surface area (Å²) in [4.78, 5) is 12.4. The molecule has 1 aromatic carbocycles. The zero-order valence-corrected chi connectivity index (χ0v) is 17.7. The molecule has 1 fully saturated rings. The fraction of sp³-hybridized carbons (Fsp3) is 0.350. The maximum Gasteiger partial charge on any atom is 0.436 e. The molecule has 2 aromatic heterocycles. The van der Waals surface area contributed by atoms with Crippen LogP contribution in [0, 0.1) is 0 Å². The SMILES string of the molecule is O=C(CCn1nc(C(F)(F)F)c(Cl)c1C1CC1)Nc1nn(Cc2ccccc2)cc1Cl. The van der Waals surface area contributed by atoms with E-state index >= 15 is 0 Å². The number of anilines is 1. The molecule has 3 aromatic rings. The number of aryl methyl sites for hydroxylation is 1. The van der Waals surface area contributed by atoms with Crippen molar-refractivity contribution in [3.8, 4) is 0 Å². The van der Waals surface area contributed by atoms with Gasteiger partial charge in [-0.3, -0.25) is 14.2 Å². The first-order valence-corrected chi connectivity index (χ1v) is 10.4. The molecule has 1 aliphatic carbocycles. The number of hydrogen-bond acceptors (Lipinski definition) is 3. The number of halogens is 5. The van der Waals surface area contributed by atoms with Crippen molar-refractivity contribution in [2.75, 3.05) is 5.32 Å². The molecular formula is C20H18Cl2F3N5O. The average Bonchev–Trinajstić information content (AvgIpc) is 3.40. The second kappa shape index (κ2) is 8.55. The highest BCUT2D eigenvalue weighted by molar-refractivity contribution is 6.33. The maximum absolute atomic E-state index is 13.2. The lowest BCUT2D eigenvalue weighted by atomic mass is 10.2. The van der Waals surface area contributed by atoms with Crippen molar-refractivity contribution in [2.24, 2.45) is 0 Å². The first-order chi connectivity index (χ1) is 14.7. The molecule has 4 rings (SSSR count). The number of rotatable bonds is 7. The van der Waals surface area contributed by atoms with Crippen LogP contribution < -0.4 is 5.32 Å². The van der Waals surface area contributed by atoms with Gasteiger partial charge in [-0.1, -0.05) is 53.5 Å². The molecule has 0 bridgehead atoms. The molecule has 0 saturated heterocycles. The summed E-state index contributed by atoms with van der Waals surface area (Å²) in [6.07, 6.45) is -1.64. The summed E-state index contributed by atoms with van der Waals surface area (Å²) in [5.41, 5.74) is 0.245. The second-order valence-electron chi connectivity index (χ2n) is 7.35. The number of nitrogens with one attached hydrogen (secondary N) is 1. The van der Waals surface area contributed by atoms with Crippen LogP contribution in [0.2, 0.25) is 10.0 Å². The van der Waals surface area contributed by atoms with Gasteiger partial charge in [0.25, 0.3) is 0 Å². The maximum atomic E-state index is 13.2. The predicted molar refractivity (Wildman–Crippen MR) is 110 cm³/mol. The van der Waals surface area contributed by atoms with E-state index in [1.54, 1.807) is 10.9 Å². The molecule has 0 spiro atoms. The van der Waals surface area contributed by atoms with E-state index < -0.39 is 17.8 Å². The number of amides is 1. The Hall–Kier alpha value is -2.52. The van der Waals surface area contributed by atoms with Crippen molar-refractivity contribution < 1.29 is 18.0 Å². The number of carbonyl (C=O) groups is 1. The molecule has 1 amide bonds. The Morgan fingerprint density at radius 3 is 2.52 bits per heavy atom. The Balaban J connectivity index is 1.41. The van der Waals surface area contributed by atoms with Crippen LogP contribution in [-0.2, 0) is 24.1 Å². The highest BCUT2D eigenvalue weighted by Crippen LogP contribution is 2.46. The highest BCUT2D eigenvalue weighted by Gasteiger charge is 2.42. The number of hydrogen-bond donors (Lipinski definition) is 1. The van der Waals surface area contributed by atoms with Crippen LogP contribution in [0.4, 0.5) is 19.0 Å². The Morgan fingerprint density at radius 1 is 1.16 bits per heavy atom. The molecule has 0 atom stereocenters. The lowest BCUT2D eigenvalue weighted by Gasteiger charge is -2.07. The number of nitrogens with zero attached hydrogens (tertiary/aromatic N) is 4. The predicted octanol–water partition coefficient (Wildman–Crippen LogP) is 5.36. The average molecular weight is 472 g/mol. The van der Waals surface area contributed by atoms with Gasteiger partial charge in [-0.05, 0) is 18.4 Å². The number of benzene rings is 1. The fourth-order valence-electron chi connectivity index (χ4n) is 3.29. The van der Waals surface area contributed by atoms with Crippen LogP contribution in [0.3, 0.4) is 0 Å². The summed E-state index contributed by atoms with van der Waals surface area (Å²) in [5, 5.41) is 10.4. The lowest BCUT2D eigenvalue weighted by molar-refractivity contribution is -0.141. The van der Waals surface area contributed by atoms with E-state index in [9.17, 15) is 18.0 Å². The van der Waals surface area contributed by atoms with Crippen molar-refractivity contribution in [3.05, 3.63) is 63.5 Å². The molecule has 0 aliphatic heterocycles. The minimum Gasteiger partial charge on any atom is -0.308 e. The Kier molecular flexibility index (Phi) is 5.98. The van der Waals surface area contributed by atoms with Crippen LogP contribution in [0.15, 0.2) is 36.5 Å². The van der Waals surface area contributed by atoms with Crippen LogP contribution in [0.25, 0.3) is 0 Å². The highest BCUT2D eigenvalue weighted by atomic mass is 35.5. The van der Waals surface area contributed by atoms with Gasteiger partial charge in [0.1, 0.15) is 5.02 Å². The quantitative estimate of drug-likeness (QED) is 0.504. The van der Waals surface area contributed by atoms with E-state index in [2.05, 4.69) is 15.5 Å². The van der Waals surface area contributed by atoms with Gasteiger partial charge in [-0.15, -0.1) is 0 Å². The fourth-order valence-corrected chi connectivity index (χ4v) is 3.88. The first kappa shape index (κ1) is 21.7. The monoisotopic (exact) mass is 471 g/mol. The Labute approximate surface area is 185 Å². The number of carbonyl (C=O) groups excluding carboxylic acids is 1. The van der Waals surface area contributed by atoms with Crippen molar-refractivity contribution >= 4 is 34.9 Å². The van der Waals surface area contributed by atoms with E-state index in [1.807, 2.05) is 30.3 Å². The Bertz CT molecular complexity index is 1090. The largest absolute Gasteiger partial charge is 0.436 e. The molecule has 2 heterocycles. The molecule has 0 radical (unpaired) electrons. The van der Waals surface area contributed by atoms with Crippen molar-refractivity contribution in [1.82, 2.24) is 19.6 Å². The molecule has 31 heavy (non-hydrogen) atoms. The van der Waals surface area contributed by atoms with Crippen molar-refractivity contribution in [1.29, 1.82) is 0 Å². The van der Waals surface area contributed by atoms with E-state index in [0.29, 0.717) is 12.2 Å². The molecule has 1 aliphatic rings. The molecule has 1 N–H and O–H groups in total. The number of alkyl halides is 3. The topological polar surface area (TPSA) is 64.7 Å².